The maximum Gasteiger partial charge on any atom is 3.00 e. The Morgan fingerprint density at radius 3 is 0.455 bits per heavy atom. The van der Waals surface area contributed by atoms with E-state index in [0.717, 1.165) is 0 Å². The van der Waals surface area contributed by atoms with Crippen LogP contribution in [0.2, 0.25) is 0 Å². The SMILES string of the molecule is O=[S-](=O)C(F)(F)F.O=[S-](=O)C(F)(F)F.O=[S-](=O)C(F)(F)F.[Lu+3]. The van der Waals surface area contributed by atoms with Gasteiger partial charge in [-0.2, -0.15) is 39.5 Å². The third-order valence-corrected chi connectivity index (χ3v) is 1.70. The Morgan fingerprint density at radius 1 is 0.409 bits per heavy atom. The average Bonchev–Trinajstić information content (AvgIpc) is 2.14. The number of rotatable bonds is 0. The minimum atomic E-state index is -5.08. The third-order valence-electron chi connectivity index (χ3n) is 0.567. The number of halogens is 9. The van der Waals surface area contributed by atoms with Crippen molar-refractivity contribution in [1.29, 1.82) is 0 Å². The van der Waals surface area contributed by atoms with Gasteiger partial charge in [0.15, 0.2) is 0 Å². The molecule has 0 unspecified atom stereocenters. The number of hydrogen-bond acceptors (Lipinski definition) is 9. The van der Waals surface area contributed by atoms with Crippen LogP contribution in [0.15, 0.2) is 0 Å². The van der Waals surface area contributed by atoms with Crippen LogP contribution >= 0.6 is 0 Å². The smallest absolute Gasteiger partial charge is 0.416 e. The number of hydrogen-bond donors (Lipinski definition) is 0. The van der Waals surface area contributed by atoms with Crippen molar-refractivity contribution in [3.05, 3.63) is 0 Å². The molecule has 0 bridgehead atoms. The van der Waals surface area contributed by atoms with Crippen molar-refractivity contribution in [3.8, 4) is 0 Å². The van der Waals surface area contributed by atoms with Gasteiger partial charge in [-0.25, -0.2) is 0 Å². The van der Waals surface area contributed by atoms with Crippen LogP contribution in [-0.2, 0) is 57.4 Å². The zero-order valence-electron chi connectivity index (χ0n) is 8.83. The zero-order valence-corrected chi connectivity index (χ0v) is 12.9. The van der Waals surface area contributed by atoms with Gasteiger partial charge in [0.25, 0.3) is 0 Å². The van der Waals surface area contributed by atoms with E-state index in [1.54, 1.807) is 0 Å². The monoisotopic (exact) mass is 574 g/mol. The van der Waals surface area contributed by atoms with E-state index >= 15 is 0 Å². The molecule has 0 amide bonds. The summed E-state index contributed by atoms with van der Waals surface area (Å²) in [4.78, 5) is 0. The first-order valence-electron chi connectivity index (χ1n) is 3.31. The van der Waals surface area contributed by atoms with Gasteiger partial charge < -0.3 is 25.3 Å². The Bertz CT molecular complexity index is 422. The summed E-state index contributed by atoms with van der Waals surface area (Å²) in [6.45, 7) is 0. The van der Waals surface area contributed by atoms with E-state index in [1.807, 2.05) is 0 Å². The fourth-order valence-electron chi connectivity index (χ4n) is 0. The first-order chi connectivity index (χ1) is 8.83. The van der Waals surface area contributed by atoms with Gasteiger partial charge in [0.05, 0.1) is 0 Å². The van der Waals surface area contributed by atoms with Crippen molar-refractivity contribution < 1.29 is 102 Å². The Kier molecular flexibility index (Phi) is 16.4. The molecule has 0 aliphatic heterocycles. The van der Waals surface area contributed by atoms with Crippen molar-refractivity contribution in [1.82, 2.24) is 0 Å². The predicted octanol–water partition coefficient (Wildman–Crippen LogP) is 2.45. The first kappa shape index (κ1) is 30.3. The van der Waals surface area contributed by atoms with Gasteiger partial charge in [0.2, 0.25) is 0 Å². The third kappa shape index (κ3) is 22.7. The van der Waals surface area contributed by atoms with Gasteiger partial charge in [-0.05, 0) is 0 Å². The molecule has 0 fully saturated rings. The topological polar surface area (TPSA) is 102 Å². The second-order valence-corrected chi connectivity index (χ2v) is 4.84. The van der Waals surface area contributed by atoms with Crippen LogP contribution in [0, 0.1) is 36.9 Å². The summed E-state index contributed by atoms with van der Waals surface area (Å²) in [6, 6.07) is 0. The molecule has 0 radical (unpaired) electrons. The van der Waals surface area contributed by atoms with E-state index < -0.39 is 48.6 Å². The van der Waals surface area contributed by atoms with Gasteiger partial charge >= 0.3 is 53.4 Å². The molecular weight excluding hydrogens is 574 g/mol. The summed E-state index contributed by atoms with van der Waals surface area (Å²) in [5, 5.41) is 0. The van der Waals surface area contributed by atoms with Crippen molar-refractivity contribution >= 4 is 32.1 Å². The molecule has 0 aliphatic rings. The van der Waals surface area contributed by atoms with Crippen LogP contribution in [-0.4, -0.2) is 16.5 Å². The maximum atomic E-state index is 10.6. The zero-order chi connectivity index (χ0) is 18.2. The fraction of sp³-hybridized carbons (Fsp3) is 1.00. The molecule has 0 aromatic rings. The summed E-state index contributed by atoms with van der Waals surface area (Å²) >= 11 is 0. The molecule has 0 aliphatic carbocycles. The second-order valence-electron chi connectivity index (χ2n) is 2.04. The van der Waals surface area contributed by atoms with Crippen LogP contribution in [0.5, 0.6) is 0 Å². The molecule has 19 heteroatoms. The van der Waals surface area contributed by atoms with Crippen molar-refractivity contribution in [3.63, 3.8) is 0 Å². The quantitative estimate of drug-likeness (QED) is 0.326. The van der Waals surface area contributed by atoms with E-state index in [9.17, 15) is 39.5 Å². The fourth-order valence-corrected chi connectivity index (χ4v) is 0. The largest absolute Gasteiger partial charge is 3.00 e. The van der Waals surface area contributed by atoms with Gasteiger partial charge in [0.1, 0.15) is 0 Å². The molecule has 0 atom stereocenters. The van der Waals surface area contributed by atoms with Crippen LogP contribution < -0.4 is 0 Å². The Labute approximate surface area is 149 Å². The summed E-state index contributed by atoms with van der Waals surface area (Å²) in [6.07, 6.45) is 0. The van der Waals surface area contributed by atoms with Crippen molar-refractivity contribution in [2.75, 3.05) is 0 Å². The summed E-state index contributed by atoms with van der Waals surface area (Å²) in [7, 11) is -11.8. The minimum Gasteiger partial charge on any atom is -0.416 e. The molecule has 144 valence electrons. The molecule has 6 nitrogen and oxygen atoms in total. The molecule has 0 aromatic carbocycles. The molecule has 0 saturated heterocycles. The van der Waals surface area contributed by atoms with E-state index in [4.69, 9.17) is 25.3 Å². The van der Waals surface area contributed by atoms with E-state index in [2.05, 4.69) is 0 Å². The van der Waals surface area contributed by atoms with E-state index in [1.165, 1.54) is 0 Å². The van der Waals surface area contributed by atoms with Gasteiger partial charge in [-0.3, -0.25) is 0 Å². The van der Waals surface area contributed by atoms with Crippen LogP contribution in [0.25, 0.3) is 0 Å². The maximum absolute atomic E-state index is 10.6. The van der Waals surface area contributed by atoms with Gasteiger partial charge in [0, 0.05) is 32.1 Å². The Hall–Kier alpha value is 0.454. The van der Waals surface area contributed by atoms with Gasteiger partial charge in [-0.1, -0.05) is 0 Å². The molecule has 0 rings (SSSR count). The molecule has 0 spiro atoms. The summed E-state index contributed by atoms with van der Waals surface area (Å²) in [5.74, 6) is 0. The molecule has 0 heterocycles. The summed E-state index contributed by atoms with van der Waals surface area (Å²) in [5.41, 5.74) is -15.2. The van der Waals surface area contributed by atoms with Crippen LogP contribution in [0.1, 0.15) is 0 Å². The minimum absolute atomic E-state index is 0. The number of alkyl halides is 9. The Balaban J connectivity index is -0.000000108. The second kappa shape index (κ2) is 11.9. The Morgan fingerprint density at radius 2 is 0.455 bits per heavy atom. The molecular formula is C3F9LuO6S3. The average molecular weight is 574 g/mol. The molecule has 0 saturated carbocycles. The molecule has 22 heavy (non-hydrogen) atoms. The van der Waals surface area contributed by atoms with Gasteiger partial charge in [-0.15, -0.1) is 0 Å². The van der Waals surface area contributed by atoms with Crippen LogP contribution in [0.3, 0.4) is 0 Å². The van der Waals surface area contributed by atoms with Crippen LogP contribution in [0.4, 0.5) is 39.5 Å². The van der Waals surface area contributed by atoms with E-state index in [-0.39, 0.29) is 36.9 Å². The summed E-state index contributed by atoms with van der Waals surface area (Å²) < 4.78 is 148. The van der Waals surface area contributed by atoms with Crippen molar-refractivity contribution in [2.24, 2.45) is 0 Å². The van der Waals surface area contributed by atoms with E-state index in [0.29, 0.717) is 0 Å². The molecule has 0 aromatic heterocycles. The molecule has 0 N–H and O–H groups in total. The van der Waals surface area contributed by atoms with Crippen molar-refractivity contribution in [2.45, 2.75) is 16.5 Å². The predicted molar refractivity (Wildman–Crippen MR) is 44.4 cm³/mol. The normalized spacial score (nSPS) is 12.0. The standard InChI is InChI=1S/3CF3O2S.Lu/c3*2-1(3,4)7(5)6;/q3*-1;+3. The first-order valence-corrected chi connectivity index (χ1v) is 6.54.